The number of benzene rings is 2. The van der Waals surface area contributed by atoms with Gasteiger partial charge in [-0.3, -0.25) is 19.7 Å². The molecule has 31 heavy (non-hydrogen) atoms. The quantitative estimate of drug-likeness (QED) is 0.420. The Hall–Kier alpha value is -3.62. The predicted octanol–water partition coefficient (Wildman–Crippen LogP) is 3.89. The van der Waals surface area contributed by atoms with Gasteiger partial charge in [0.15, 0.2) is 0 Å². The number of likely N-dealkylation sites (tertiary alicyclic amines) is 1. The average molecular weight is 427 g/mol. The summed E-state index contributed by atoms with van der Waals surface area (Å²) < 4.78 is 28.2. The molecule has 2 aliphatic rings. The van der Waals surface area contributed by atoms with Crippen LogP contribution in [-0.4, -0.2) is 34.7 Å². The standard InChI is InChI=1S/C22H19F2N3O4/c1-13-8-10-25(11-9-13)20-19(14-2-5-16(6-3-14)27(30)31)21(28)26(22(20)29)18-12-15(23)4-7-17(18)24/h2-7,12-13H,8-11H2,1H3. The molecular weight excluding hydrogens is 408 g/mol. The van der Waals surface area contributed by atoms with E-state index < -0.39 is 34.1 Å². The number of rotatable bonds is 4. The van der Waals surface area contributed by atoms with Gasteiger partial charge in [-0.1, -0.05) is 6.92 Å². The Bertz CT molecular complexity index is 1110. The lowest BCUT2D eigenvalue weighted by atomic mass is 9.97. The van der Waals surface area contributed by atoms with E-state index >= 15 is 0 Å². The summed E-state index contributed by atoms with van der Waals surface area (Å²) in [5.74, 6) is -2.76. The number of anilines is 1. The molecule has 2 aromatic rings. The van der Waals surface area contributed by atoms with Crippen LogP contribution in [0.3, 0.4) is 0 Å². The minimum absolute atomic E-state index is 0.0260. The maximum atomic E-state index is 14.4. The third-order valence-corrected chi connectivity index (χ3v) is 5.68. The topological polar surface area (TPSA) is 83.8 Å². The molecule has 2 aliphatic heterocycles. The number of hydrogen-bond acceptors (Lipinski definition) is 5. The molecule has 4 rings (SSSR count). The summed E-state index contributed by atoms with van der Waals surface area (Å²) in [6.45, 7) is 3.16. The molecule has 9 heteroatoms. The fraction of sp³-hybridized carbons (Fsp3) is 0.273. The highest BCUT2D eigenvalue weighted by Crippen LogP contribution is 2.37. The van der Waals surface area contributed by atoms with Gasteiger partial charge in [0.25, 0.3) is 17.5 Å². The van der Waals surface area contributed by atoms with E-state index in [1.807, 2.05) is 0 Å². The van der Waals surface area contributed by atoms with E-state index in [4.69, 9.17) is 0 Å². The lowest BCUT2D eigenvalue weighted by Gasteiger charge is -2.32. The zero-order chi connectivity index (χ0) is 22.3. The number of nitrogens with zero attached hydrogens (tertiary/aromatic N) is 3. The van der Waals surface area contributed by atoms with Crippen molar-refractivity contribution in [2.24, 2.45) is 5.92 Å². The smallest absolute Gasteiger partial charge is 0.282 e. The molecule has 1 fully saturated rings. The second-order valence-corrected chi connectivity index (χ2v) is 7.74. The summed E-state index contributed by atoms with van der Waals surface area (Å²) in [5, 5.41) is 11.0. The number of halogens is 2. The average Bonchev–Trinajstić information content (AvgIpc) is 3.00. The van der Waals surface area contributed by atoms with Crippen molar-refractivity contribution in [2.75, 3.05) is 18.0 Å². The van der Waals surface area contributed by atoms with Crippen molar-refractivity contribution in [3.63, 3.8) is 0 Å². The molecule has 2 heterocycles. The van der Waals surface area contributed by atoms with Crippen molar-refractivity contribution < 1.29 is 23.3 Å². The highest BCUT2D eigenvalue weighted by Gasteiger charge is 2.44. The van der Waals surface area contributed by atoms with Crippen molar-refractivity contribution in [3.8, 4) is 0 Å². The number of piperidine rings is 1. The van der Waals surface area contributed by atoms with Crippen molar-refractivity contribution in [1.29, 1.82) is 0 Å². The van der Waals surface area contributed by atoms with E-state index in [0.717, 1.165) is 31.0 Å². The van der Waals surface area contributed by atoms with Crippen LogP contribution < -0.4 is 4.90 Å². The zero-order valence-corrected chi connectivity index (χ0v) is 16.7. The van der Waals surface area contributed by atoms with Gasteiger partial charge in [-0.2, -0.15) is 0 Å². The molecule has 160 valence electrons. The van der Waals surface area contributed by atoms with Crippen LogP contribution in [0.2, 0.25) is 0 Å². The van der Waals surface area contributed by atoms with Crippen LogP contribution in [0.15, 0.2) is 48.2 Å². The van der Waals surface area contributed by atoms with Crippen molar-refractivity contribution >= 4 is 28.8 Å². The van der Waals surface area contributed by atoms with Gasteiger partial charge in [0.05, 0.1) is 16.2 Å². The summed E-state index contributed by atoms with van der Waals surface area (Å²) in [5.41, 5.74) is -0.193. The molecule has 0 atom stereocenters. The molecule has 0 unspecified atom stereocenters. The molecule has 0 radical (unpaired) electrons. The molecule has 0 N–H and O–H groups in total. The normalized spacial score (nSPS) is 17.6. The molecule has 1 saturated heterocycles. The molecule has 2 amide bonds. The second kappa shape index (κ2) is 7.90. The van der Waals surface area contributed by atoms with E-state index in [9.17, 15) is 28.5 Å². The maximum Gasteiger partial charge on any atom is 0.282 e. The highest BCUT2D eigenvalue weighted by atomic mass is 19.1. The Balaban J connectivity index is 1.83. The maximum absolute atomic E-state index is 14.4. The number of amides is 2. The van der Waals surface area contributed by atoms with Crippen LogP contribution in [0.5, 0.6) is 0 Å². The second-order valence-electron chi connectivity index (χ2n) is 7.74. The zero-order valence-electron chi connectivity index (χ0n) is 16.7. The van der Waals surface area contributed by atoms with E-state index in [-0.39, 0.29) is 17.0 Å². The summed E-state index contributed by atoms with van der Waals surface area (Å²) in [4.78, 5) is 39.5. The van der Waals surface area contributed by atoms with Crippen molar-refractivity contribution in [1.82, 2.24) is 4.90 Å². The van der Waals surface area contributed by atoms with Crippen molar-refractivity contribution in [2.45, 2.75) is 19.8 Å². The summed E-state index contributed by atoms with van der Waals surface area (Å²) in [6.07, 6.45) is 1.62. The molecule has 0 aromatic heterocycles. The molecular formula is C22H19F2N3O4. The molecule has 0 saturated carbocycles. The largest absolute Gasteiger partial charge is 0.366 e. The third kappa shape index (κ3) is 3.67. The van der Waals surface area contributed by atoms with Crippen molar-refractivity contribution in [3.05, 3.63) is 75.5 Å². The lowest BCUT2D eigenvalue weighted by molar-refractivity contribution is -0.384. The van der Waals surface area contributed by atoms with Crippen LogP contribution in [-0.2, 0) is 9.59 Å². The van der Waals surface area contributed by atoms with Gasteiger partial charge in [-0.15, -0.1) is 0 Å². The predicted molar refractivity (Wildman–Crippen MR) is 109 cm³/mol. The number of nitro benzene ring substituents is 1. The number of carbonyl (C=O) groups excluding carboxylic acids is 2. The number of hydrogen-bond donors (Lipinski definition) is 0. The molecule has 0 aliphatic carbocycles. The Morgan fingerprint density at radius 3 is 2.26 bits per heavy atom. The van der Waals surface area contributed by atoms with E-state index in [2.05, 4.69) is 6.92 Å². The molecule has 0 bridgehead atoms. The van der Waals surface area contributed by atoms with Crippen LogP contribution in [0.4, 0.5) is 20.2 Å². The molecule has 0 spiro atoms. The monoisotopic (exact) mass is 427 g/mol. The summed E-state index contributed by atoms with van der Waals surface area (Å²) >= 11 is 0. The Labute approximate surface area is 176 Å². The minimum atomic E-state index is -0.903. The van der Waals surface area contributed by atoms with E-state index in [1.54, 1.807) is 4.90 Å². The van der Waals surface area contributed by atoms with Gasteiger partial charge in [-0.25, -0.2) is 13.7 Å². The first-order chi connectivity index (χ1) is 14.8. The first-order valence-corrected chi connectivity index (χ1v) is 9.86. The SMILES string of the molecule is CC1CCN(C2=C(c3ccc([N+](=O)[O-])cc3)C(=O)N(c3cc(F)ccc3F)C2=O)CC1. The molecule has 2 aromatic carbocycles. The Morgan fingerprint density at radius 2 is 1.65 bits per heavy atom. The summed E-state index contributed by atoms with van der Waals surface area (Å²) in [6, 6.07) is 7.81. The fourth-order valence-corrected chi connectivity index (χ4v) is 3.93. The summed E-state index contributed by atoms with van der Waals surface area (Å²) in [7, 11) is 0. The van der Waals surface area contributed by atoms with Gasteiger partial charge in [0, 0.05) is 31.3 Å². The Morgan fingerprint density at radius 1 is 1.00 bits per heavy atom. The number of imide groups is 1. The van der Waals surface area contributed by atoms with Crippen LogP contribution >= 0.6 is 0 Å². The van der Waals surface area contributed by atoms with Gasteiger partial charge in [0.1, 0.15) is 17.3 Å². The van der Waals surface area contributed by atoms with Crippen LogP contribution in [0.25, 0.3) is 5.57 Å². The lowest BCUT2D eigenvalue weighted by Crippen LogP contribution is -2.38. The fourth-order valence-electron chi connectivity index (χ4n) is 3.93. The highest BCUT2D eigenvalue weighted by molar-refractivity contribution is 6.45. The van der Waals surface area contributed by atoms with Crippen LogP contribution in [0, 0.1) is 27.7 Å². The number of nitro groups is 1. The minimum Gasteiger partial charge on any atom is -0.366 e. The van der Waals surface area contributed by atoms with Gasteiger partial charge < -0.3 is 4.90 Å². The number of non-ortho nitro benzene ring substituents is 1. The third-order valence-electron chi connectivity index (χ3n) is 5.68. The Kier molecular flexibility index (Phi) is 5.26. The number of carbonyl (C=O) groups is 2. The van der Waals surface area contributed by atoms with Gasteiger partial charge >= 0.3 is 0 Å². The van der Waals surface area contributed by atoms with Crippen LogP contribution in [0.1, 0.15) is 25.3 Å². The molecule has 7 nitrogen and oxygen atoms in total. The first kappa shape index (κ1) is 20.6. The van der Waals surface area contributed by atoms with E-state index in [1.165, 1.54) is 24.3 Å². The van der Waals surface area contributed by atoms with Gasteiger partial charge in [0.2, 0.25) is 0 Å². The first-order valence-electron chi connectivity index (χ1n) is 9.86. The van der Waals surface area contributed by atoms with E-state index in [0.29, 0.717) is 29.5 Å². The van der Waals surface area contributed by atoms with Gasteiger partial charge in [-0.05, 0) is 48.6 Å².